The fourth-order valence-corrected chi connectivity index (χ4v) is 7.04. The molecular formula is C45H77O12P. The first-order chi connectivity index (χ1) is 28.0. The molecule has 0 aromatic heterocycles. The van der Waals surface area contributed by atoms with Crippen LogP contribution in [-0.4, -0.2) is 98.9 Å². The predicted octanol–water partition coefficient (Wildman–Crippen LogP) is 8.41. The molecule has 6 N–H and O–H groups in total. The highest BCUT2D eigenvalue weighted by atomic mass is 31.2. The zero-order valence-electron chi connectivity index (χ0n) is 35.3. The predicted molar refractivity (Wildman–Crippen MR) is 230 cm³/mol. The number of phosphoric ester groups is 1. The lowest BCUT2D eigenvalue weighted by Crippen LogP contribution is -2.64. The van der Waals surface area contributed by atoms with Gasteiger partial charge in [-0.1, -0.05) is 132 Å². The number of hydrogen-bond acceptors (Lipinski definition) is 11. The molecule has 6 atom stereocenters. The Hall–Kier alpha value is -2.22. The molecule has 12 nitrogen and oxygen atoms in total. The zero-order valence-corrected chi connectivity index (χ0v) is 36.2. The molecule has 6 unspecified atom stereocenters. The summed E-state index contributed by atoms with van der Waals surface area (Å²) in [5.41, 5.74) is 0. The summed E-state index contributed by atoms with van der Waals surface area (Å²) in [5.74, 6) is -0.502. The summed E-state index contributed by atoms with van der Waals surface area (Å²) < 4.78 is 34.0. The van der Waals surface area contributed by atoms with E-state index in [1.807, 2.05) is 0 Å². The van der Waals surface area contributed by atoms with Gasteiger partial charge in [0.1, 0.15) is 42.7 Å². The van der Waals surface area contributed by atoms with Crippen LogP contribution in [0.1, 0.15) is 142 Å². The third-order valence-corrected chi connectivity index (χ3v) is 10.5. The average molecular weight is 841 g/mol. The van der Waals surface area contributed by atoms with E-state index in [1.165, 1.54) is 12.8 Å². The minimum Gasteiger partial charge on any atom is -0.457 e. The third kappa shape index (κ3) is 27.5. The molecule has 1 saturated carbocycles. The van der Waals surface area contributed by atoms with Crippen LogP contribution in [-0.2, 0) is 27.9 Å². The van der Waals surface area contributed by atoms with Crippen molar-refractivity contribution in [1.82, 2.24) is 0 Å². The molecule has 0 radical (unpaired) electrons. The minimum atomic E-state index is -5.03. The van der Waals surface area contributed by atoms with E-state index in [0.29, 0.717) is 13.0 Å². The number of aliphatic hydroxyl groups is 5. The van der Waals surface area contributed by atoms with E-state index in [2.05, 4.69) is 86.8 Å². The van der Waals surface area contributed by atoms with Crippen molar-refractivity contribution >= 4 is 13.8 Å². The Balaban J connectivity index is 2.43. The summed E-state index contributed by atoms with van der Waals surface area (Å²) >= 11 is 0. The van der Waals surface area contributed by atoms with Crippen molar-refractivity contribution in [3.05, 3.63) is 72.9 Å². The first-order valence-corrected chi connectivity index (χ1v) is 23.3. The van der Waals surface area contributed by atoms with Crippen molar-refractivity contribution in [1.29, 1.82) is 0 Å². The number of carbonyl (C=O) groups excluding carboxylic acids is 1. The van der Waals surface area contributed by atoms with Crippen molar-refractivity contribution in [3.63, 3.8) is 0 Å². The normalized spacial score (nSPS) is 23.4. The lowest BCUT2D eigenvalue weighted by atomic mass is 9.85. The van der Waals surface area contributed by atoms with Gasteiger partial charge in [-0.25, -0.2) is 4.57 Å². The molecular weight excluding hydrogens is 763 g/mol. The molecule has 1 fully saturated rings. The van der Waals surface area contributed by atoms with Gasteiger partial charge in [-0.3, -0.25) is 13.8 Å². The van der Waals surface area contributed by atoms with E-state index in [1.54, 1.807) is 0 Å². The molecule has 0 spiro atoms. The van der Waals surface area contributed by atoms with Crippen molar-refractivity contribution in [2.75, 3.05) is 19.8 Å². The van der Waals surface area contributed by atoms with Crippen molar-refractivity contribution in [2.24, 2.45) is 0 Å². The SMILES string of the molecule is CC/C=C\C/C=C\C/C=C\C/C=C\C/C=C\CCCCCCOCC(COP(=O)(O)OC1C(O)C(O)C(O)C(O)C1O)OC(=O)CCCCCCC/C=C\CCCC. The van der Waals surface area contributed by atoms with Gasteiger partial charge in [0.05, 0.1) is 13.2 Å². The Morgan fingerprint density at radius 3 is 1.57 bits per heavy atom. The maximum absolute atomic E-state index is 12.8. The molecule has 58 heavy (non-hydrogen) atoms. The van der Waals surface area contributed by atoms with Crippen LogP contribution in [0.4, 0.5) is 0 Å². The highest BCUT2D eigenvalue weighted by Crippen LogP contribution is 2.47. The van der Waals surface area contributed by atoms with Crippen LogP contribution in [0.2, 0.25) is 0 Å². The van der Waals surface area contributed by atoms with Gasteiger partial charge < -0.3 is 39.9 Å². The van der Waals surface area contributed by atoms with E-state index < -0.39 is 63.1 Å². The van der Waals surface area contributed by atoms with Crippen molar-refractivity contribution < 1.29 is 58.3 Å². The Morgan fingerprint density at radius 1 is 0.569 bits per heavy atom. The number of phosphoric acid groups is 1. The van der Waals surface area contributed by atoms with Gasteiger partial charge in [0.15, 0.2) is 0 Å². The number of esters is 1. The summed E-state index contributed by atoms with van der Waals surface area (Å²) in [6.45, 7) is 4.01. The third-order valence-electron chi connectivity index (χ3n) is 9.56. The summed E-state index contributed by atoms with van der Waals surface area (Å²) in [4.78, 5) is 23.1. The number of carbonyl (C=O) groups is 1. The molecule has 0 aliphatic heterocycles. The second-order valence-electron chi connectivity index (χ2n) is 14.8. The lowest BCUT2D eigenvalue weighted by Gasteiger charge is -2.41. The van der Waals surface area contributed by atoms with E-state index >= 15 is 0 Å². The standard InChI is InChI=1S/C45H77O12P/c1-3-5-7-9-11-13-15-16-17-18-19-20-21-22-23-25-27-29-31-33-35-54-36-38(56-39(46)34-32-30-28-26-24-14-12-10-8-6-4-2)37-55-58(52,53)57-45-43(50)41(48)40(47)42(49)44(45)51/h5,7,10-13,16-17,19-20,22-23,38,40-45,47-51H,3-4,6,8-9,14-15,18,21,24-37H2,1-2H3,(H,52,53)/b7-5-,12-10-,13-11-,17-16-,20-19-,23-22-. The molecule has 13 heteroatoms. The molecule has 0 bridgehead atoms. The number of aliphatic hydroxyl groups excluding tert-OH is 5. The molecule has 334 valence electrons. The Labute approximate surface area is 349 Å². The quantitative estimate of drug-likeness (QED) is 0.0155. The van der Waals surface area contributed by atoms with Crippen LogP contribution in [0.25, 0.3) is 0 Å². The van der Waals surface area contributed by atoms with Crippen LogP contribution < -0.4 is 0 Å². The van der Waals surface area contributed by atoms with Gasteiger partial charge >= 0.3 is 13.8 Å². The second-order valence-corrected chi connectivity index (χ2v) is 16.2. The molecule has 1 rings (SSSR count). The lowest BCUT2D eigenvalue weighted by molar-refractivity contribution is -0.220. The Kier molecular flexibility index (Phi) is 33.0. The summed E-state index contributed by atoms with van der Waals surface area (Å²) in [6.07, 6.45) is 32.7. The maximum Gasteiger partial charge on any atom is 0.472 e. The van der Waals surface area contributed by atoms with Gasteiger partial charge in [-0.2, -0.15) is 0 Å². The Bertz CT molecular complexity index is 1230. The Morgan fingerprint density at radius 2 is 1.02 bits per heavy atom. The smallest absolute Gasteiger partial charge is 0.457 e. The highest BCUT2D eigenvalue weighted by molar-refractivity contribution is 7.47. The molecule has 0 aromatic rings. The fourth-order valence-electron chi connectivity index (χ4n) is 6.07. The molecule has 1 aliphatic carbocycles. The van der Waals surface area contributed by atoms with Gasteiger partial charge in [0.2, 0.25) is 0 Å². The summed E-state index contributed by atoms with van der Waals surface area (Å²) in [7, 11) is -5.03. The first kappa shape index (κ1) is 53.8. The topological polar surface area (TPSA) is 192 Å². The van der Waals surface area contributed by atoms with E-state index in [-0.39, 0.29) is 13.0 Å². The molecule has 0 amide bonds. The monoisotopic (exact) mass is 841 g/mol. The maximum atomic E-state index is 12.8. The average Bonchev–Trinajstić information content (AvgIpc) is 3.21. The van der Waals surface area contributed by atoms with E-state index in [4.69, 9.17) is 18.5 Å². The minimum absolute atomic E-state index is 0.101. The number of hydrogen-bond donors (Lipinski definition) is 6. The van der Waals surface area contributed by atoms with Crippen LogP contribution in [0, 0.1) is 0 Å². The number of allylic oxidation sites excluding steroid dienone is 12. The number of ether oxygens (including phenoxy) is 2. The van der Waals surface area contributed by atoms with Gasteiger partial charge in [-0.15, -0.1) is 0 Å². The second kappa shape index (κ2) is 35.5. The van der Waals surface area contributed by atoms with Crippen molar-refractivity contribution in [3.8, 4) is 0 Å². The zero-order chi connectivity index (χ0) is 42.7. The molecule has 0 aromatic carbocycles. The van der Waals surface area contributed by atoms with Gasteiger partial charge in [-0.05, 0) is 77.0 Å². The largest absolute Gasteiger partial charge is 0.472 e. The number of unbranched alkanes of at least 4 members (excludes halogenated alkanes) is 11. The first-order valence-electron chi connectivity index (χ1n) is 21.8. The van der Waals surface area contributed by atoms with Crippen LogP contribution in [0.15, 0.2) is 72.9 Å². The fraction of sp³-hybridized carbons (Fsp3) is 0.711. The summed E-state index contributed by atoms with van der Waals surface area (Å²) in [6, 6.07) is 0. The van der Waals surface area contributed by atoms with E-state index in [0.717, 1.165) is 103 Å². The molecule has 1 aliphatic rings. The number of rotatable bonds is 35. The van der Waals surface area contributed by atoms with Crippen molar-refractivity contribution in [2.45, 2.75) is 185 Å². The van der Waals surface area contributed by atoms with Crippen LogP contribution >= 0.6 is 7.82 Å². The van der Waals surface area contributed by atoms with Crippen LogP contribution in [0.3, 0.4) is 0 Å². The highest BCUT2D eigenvalue weighted by Gasteiger charge is 2.51. The van der Waals surface area contributed by atoms with E-state index in [9.17, 15) is 39.8 Å². The molecule has 0 saturated heterocycles. The van der Waals surface area contributed by atoms with Gasteiger partial charge in [0.25, 0.3) is 0 Å². The summed E-state index contributed by atoms with van der Waals surface area (Å²) in [5, 5.41) is 50.1. The molecule has 0 heterocycles. The van der Waals surface area contributed by atoms with Gasteiger partial charge in [0, 0.05) is 13.0 Å². The van der Waals surface area contributed by atoms with Crippen LogP contribution in [0.5, 0.6) is 0 Å².